The smallest absolute Gasteiger partial charge is 0.101 e. The van der Waals surface area contributed by atoms with Crippen molar-refractivity contribution in [1.82, 2.24) is 0 Å². The van der Waals surface area contributed by atoms with Gasteiger partial charge in [-0.2, -0.15) is 10.2 Å². The van der Waals surface area contributed by atoms with Crippen LogP contribution in [0.1, 0.15) is 49.3 Å². The number of benzene rings is 3. The molecule has 0 fully saturated rings. The van der Waals surface area contributed by atoms with Crippen molar-refractivity contribution in [3.05, 3.63) is 95.6 Å². The molecule has 0 aromatic heterocycles. The van der Waals surface area contributed by atoms with Gasteiger partial charge in [0.25, 0.3) is 0 Å². The van der Waals surface area contributed by atoms with Crippen molar-refractivity contribution in [2.75, 3.05) is 0 Å². The summed E-state index contributed by atoms with van der Waals surface area (Å²) in [7, 11) is 0. The Kier molecular flexibility index (Phi) is 6.31. The first-order valence-electron chi connectivity index (χ1n) is 10.7. The van der Waals surface area contributed by atoms with E-state index in [1.54, 1.807) is 0 Å². The van der Waals surface area contributed by atoms with Crippen LogP contribution in [0, 0.1) is 5.92 Å². The summed E-state index contributed by atoms with van der Waals surface area (Å²) in [6.45, 7) is 2.25. The van der Waals surface area contributed by atoms with Crippen LogP contribution in [0.5, 0.6) is 0 Å². The minimum absolute atomic E-state index is 0.417. The molecule has 0 amide bonds. The Morgan fingerprint density at radius 1 is 0.724 bits per heavy atom. The predicted octanol–water partition coefficient (Wildman–Crippen LogP) is 6.93. The molecule has 4 rings (SSSR count). The zero-order chi connectivity index (χ0) is 19.9. The Labute approximate surface area is 174 Å². The van der Waals surface area contributed by atoms with Crippen LogP contribution >= 0.6 is 0 Å². The van der Waals surface area contributed by atoms with Gasteiger partial charge in [-0.05, 0) is 29.5 Å². The van der Waals surface area contributed by atoms with E-state index in [0.29, 0.717) is 5.92 Å². The Balaban J connectivity index is 1.58. The first-order chi connectivity index (χ1) is 14.4. The SMILES string of the molecule is CCCCC[C@H](/C=N\N=C1c2ccccc2-c2ccccc21)Cc1ccccc1. The van der Waals surface area contributed by atoms with Gasteiger partial charge in [0.1, 0.15) is 5.71 Å². The lowest BCUT2D eigenvalue weighted by molar-refractivity contribution is 0.568. The summed E-state index contributed by atoms with van der Waals surface area (Å²) < 4.78 is 0. The summed E-state index contributed by atoms with van der Waals surface area (Å²) in [5, 5.41) is 9.29. The molecule has 3 aromatic carbocycles. The van der Waals surface area contributed by atoms with Crippen molar-refractivity contribution >= 4 is 11.9 Å². The average Bonchev–Trinajstić information content (AvgIpc) is 3.09. The maximum atomic E-state index is 4.70. The molecule has 0 heterocycles. The largest absolute Gasteiger partial charge is 0.163 e. The molecule has 1 aliphatic rings. The van der Waals surface area contributed by atoms with Gasteiger partial charge in [0, 0.05) is 23.3 Å². The summed E-state index contributed by atoms with van der Waals surface area (Å²) in [6.07, 6.45) is 8.00. The Morgan fingerprint density at radius 2 is 1.31 bits per heavy atom. The number of rotatable bonds is 8. The highest BCUT2D eigenvalue weighted by Gasteiger charge is 2.23. The second-order valence-electron chi connectivity index (χ2n) is 7.75. The highest BCUT2D eigenvalue weighted by Crippen LogP contribution is 2.36. The molecule has 2 heteroatoms. The molecule has 0 N–H and O–H groups in total. The number of hydrogen-bond acceptors (Lipinski definition) is 2. The number of unbranched alkanes of at least 4 members (excludes halogenated alkanes) is 2. The van der Waals surface area contributed by atoms with E-state index >= 15 is 0 Å². The minimum Gasteiger partial charge on any atom is -0.163 e. The van der Waals surface area contributed by atoms with Crippen molar-refractivity contribution in [2.45, 2.75) is 39.0 Å². The summed E-state index contributed by atoms with van der Waals surface area (Å²) in [4.78, 5) is 0. The normalized spacial score (nSPS) is 13.3. The maximum Gasteiger partial charge on any atom is 0.101 e. The molecule has 3 aromatic rings. The van der Waals surface area contributed by atoms with Gasteiger partial charge in [-0.25, -0.2) is 0 Å². The van der Waals surface area contributed by atoms with E-state index in [1.165, 1.54) is 47.1 Å². The van der Waals surface area contributed by atoms with Gasteiger partial charge >= 0.3 is 0 Å². The summed E-state index contributed by atoms with van der Waals surface area (Å²) in [5.41, 5.74) is 7.21. The second kappa shape index (κ2) is 9.47. The van der Waals surface area contributed by atoms with Crippen LogP contribution in [-0.4, -0.2) is 11.9 Å². The zero-order valence-electron chi connectivity index (χ0n) is 17.1. The van der Waals surface area contributed by atoms with Gasteiger partial charge in [-0.1, -0.05) is 105 Å². The first-order valence-corrected chi connectivity index (χ1v) is 10.7. The molecule has 0 bridgehead atoms. The standard InChI is InChI=1S/C27H28N2/c1-2-3-5-14-22(19-21-12-6-4-7-13-21)20-28-29-27-25-17-10-8-15-23(25)24-16-9-11-18-26(24)27/h4,6-13,15-18,20,22H,2-3,5,14,19H2,1H3/b28-20-/t22-/m0/s1. The van der Waals surface area contributed by atoms with Gasteiger partial charge in [0.05, 0.1) is 0 Å². The van der Waals surface area contributed by atoms with Crippen LogP contribution in [0.4, 0.5) is 0 Å². The lowest BCUT2D eigenvalue weighted by Crippen LogP contribution is -2.07. The third kappa shape index (κ3) is 4.54. The quantitative estimate of drug-likeness (QED) is 0.180. The maximum absolute atomic E-state index is 4.70. The van der Waals surface area contributed by atoms with Crippen molar-refractivity contribution in [1.29, 1.82) is 0 Å². The molecule has 146 valence electrons. The molecule has 29 heavy (non-hydrogen) atoms. The molecular weight excluding hydrogens is 352 g/mol. The number of hydrogen-bond donors (Lipinski definition) is 0. The first kappa shape index (κ1) is 19.3. The monoisotopic (exact) mass is 380 g/mol. The van der Waals surface area contributed by atoms with Crippen molar-refractivity contribution in [3.63, 3.8) is 0 Å². The Hall–Kier alpha value is -3.00. The molecule has 0 saturated carbocycles. The van der Waals surface area contributed by atoms with E-state index in [2.05, 4.69) is 97.1 Å². The molecule has 0 unspecified atom stereocenters. The second-order valence-corrected chi connectivity index (χ2v) is 7.75. The average molecular weight is 381 g/mol. The summed E-state index contributed by atoms with van der Waals surface area (Å²) >= 11 is 0. The van der Waals surface area contributed by atoms with Gasteiger partial charge < -0.3 is 0 Å². The van der Waals surface area contributed by atoms with Crippen LogP contribution in [0.15, 0.2) is 89.1 Å². The molecule has 2 nitrogen and oxygen atoms in total. The molecular formula is C27H28N2. The van der Waals surface area contributed by atoms with Gasteiger partial charge in [0.2, 0.25) is 0 Å². The van der Waals surface area contributed by atoms with Crippen molar-refractivity contribution in [2.24, 2.45) is 16.1 Å². The lowest BCUT2D eigenvalue weighted by atomic mass is 9.95. The Morgan fingerprint density at radius 3 is 1.93 bits per heavy atom. The van der Waals surface area contributed by atoms with E-state index in [0.717, 1.165) is 18.6 Å². The number of nitrogens with zero attached hydrogens (tertiary/aromatic N) is 2. The van der Waals surface area contributed by atoms with Crippen LogP contribution < -0.4 is 0 Å². The highest BCUT2D eigenvalue weighted by molar-refractivity contribution is 6.24. The summed E-state index contributed by atoms with van der Waals surface area (Å²) in [5.74, 6) is 0.417. The summed E-state index contributed by atoms with van der Waals surface area (Å²) in [6, 6.07) is 27.7. The van der Waals surface area contributed by atoms with Gasteiger partial charge in [-0.15, -0.1) is 0 Å². The fourth-order valence-electron chi connectivity index (χ4n) is 4.09. The molecule has 1 aliphatic carbocycles. The molecule has 1 atom stereocenters. The zero-order valence-corrected chi connectivity index (χ0v) is 17.1. The fourth-order valence-corrected chi connectivity index (χ4v) is 4.09. The highest BCUT2D eigenvalue weighted by atomic mass is 15.2. The molecule has 0 saturated heterocycles. The van der Waals surface area contributed by atoms with E-state index < -0.39 is 0 Å². The van der Waals surface area contributed by atoms with Crippen LogP contribution in [0.2, 0.25) is 0 Å². The van der Waals surface area contributed by atoms with Crippen LogP contribution in [-0.2, 0) is 6.42 Å². The molecule has 0 aliphatic heterocycles. The van der Waals surface area contributed by atoms with E-state index in [-0.39, 0.29) is 0 Å². The number of fused-ring (bicyclic) bond motifs is 3. The van der Waals surface area contributed by atoms with Crippen molar-refractivity contribution < 1.29 is 0 Å². The minimum atomic E-state index is 0.417. The Bertz CT molecular complexity index is 954. The van der Waals surface area contributed by atoms with Gasteiger partial charge in [-0.3, -0.25) is 0 Å². The van der Waals surface area contributed by atoms with Crippen LogP contribution in [0.3, 0.4) is 0 Å². The van der Waals surface area contributed by atoms with E-state index in [9.17, 15) is 0 Å². The van der Waals surface area contributed by atoms with Crippen molar-refractivity contribution in [3.8, 4) is 11.1 Å². The topological polar surface area (TPSA) is 24.7 Å². The van der Waals surface area contributed by atoms with E-state index in [4.69, 9.17) is 5.10 Å². The van der Waals surface area contributed by atoms with Crippen LogP contribution in [0.25, 0.3) is 11.1 Å². The fraction of sp³-hybridized carbons (Fsp3) is 0.259. The third-order valence-corrected chi connectivity index (χ3v) is 5.61. The predicted molar refractivity (Wildman–Crippen MR) is 124 cm³/mol. The van der Waals surface area contributed by atoms with E-state index in [1.807, 2.05) is 0 Å². The lowest BCUT2D eigenvalue weighted by Gasteiger charge is -2.11. The molecule has 0 radical (unpaired) electrons. The van der Waals surface area contributed by atoms with Gasteiger partial charge in [0.15, 0.2) is 0 Å². The molecule has 0 spiro atoms. The third-order valence-electron chi connectivity index (χ3n) is 5.61.